The quantitative estimate of drug-likeness (QED) is 0.643. The van der Waals surface area contributed by atoms with Crippen molar-refractivity contribution >= 4 is 11.8 Å². The van der Waals surface area contributed by atoms with E-state index in [1.165, 1.54) is 0 Å². The van der Waals surface area contributed by atoms with Crippen LogP contribution in [0.1, 0.15) is 60.8 Å². The number of nitrogens with one attached hydrogen (secondary N) is 2. The third-order valence-electron chi connectivity index (χ3n) is 2.93. The van der Waals surface area contributed by atoms with E-state index in [9.17, 15) is 9.59 Å². The second-order valence-electron chi connectivity index (χ2n) is 8.11. The fourth-order valence-corrected chi connectivity index (χ4v) is 1.75. The van der Waals surface area contributed by atoms with E-state index in [1.807, 2.05) is 20.8 Å². The van der Waals surface area contributed by atoms with Crippen LogP contribution >= 0.6 is 0 Å². The highest BCUT2D eigenvalue weighted by Gasteiger charge is 2.15. The molecule has 5 heteroatoms. The first-order valence-corrected chi connectivity index (χ1v) is 8.11. The molecule has 0 heterocycles. The molecular formula is C17H34N2O3. The van der Waals surface area contributed by atoms with Gasteiger partial charge in [0.2, 0.25) is 11.8 Å². The van der Waals surface area contributed by atoms with Gasteiger partial charge in [0.05, 0.1) is 13.2 Å². The van der Waals surface area contributed by atoms with E-state index in [0.717, 1.165) is 6.42 Å². The second-order valence-corrected chi connectivity index (χ2v) is 8.11. The summed E-state index contributed by atoms with van der Waals surface area (Å²) in [6.45, 7) is 14.4. The summed E-state index contributed by atoms with van der Waals surface area (Å²) in [5.74, 6) is 0.114. The van der Waals surface area contributed by atoms with Crippen LogP contribution in [-0.2, 0) is 14.3 Å². The normalized spacial score (nSPS) is 12.1. The highest BCUT2D eigenvalue weighted by Crippen LogP contribution is 2.20. The van der Waals surface area contributed by atoms with E-state index >= 15 is 0 Å². The van der Waals surface area contributed by atoms with Crippen LogP contribution in [0.3, 0.4) is 0 Å². The van der Waals surface area contributed by atoms with Gasteiger partial charge < -0.3 is 15.4 Å². The zero-order valence-corrected chi connectivity index (χ0v) is 15.2. The van der Waals surface area contributed by atoms with Crippen molar-refractivity contribution in [3.8, 4) is 0 Å². The number of rotatable bonds is 9. The van der Waals surface area contributed by atoms with Gasteiger partial charge in [-0.2, -0.15) is 0 Å². The first kappa shape index (κ1) is 20.9. The summed E-state index contributed by atoms with van der Waals surface area (Å²) in [6.07, 6.45) is 1.93. The Morgan fingerprint density at radius 3 is 1.77 bits per heavy atom. The summed E-state index contributed by atoms with van der Waals surface area (Å²) in [5.41, 5.74) is 0.182. The maximum Gasteiger partial charge on any atom is 0.220 e. The van der Waals surface area contributed by atoms with Gasteiger partial charge >= 0.3 is 0 Å². The number of amides is 2. The predicted molar refractivity (Wildman–Crippen MR) is 89.6 cm³/mol. The minimum Gasteiger partial charge on any atom is -0.378 e. The van der Waals surface area contributed by atoms with Gasteiger partial charge in [0.1, 0.15) is 0 Å². The molecule has 0 spiro atoms. The Morgan fingerprint density at radius 1 is 0.818 bits per heavy atom. The lowest BCUT2D eigenvalue weighted by atomic mass is 9.90. The minimum atomic E-state index is 0.00226. The number of hydrogen-bond donors (Lipinski definition) is 2. The molecule has 0 fully saturated rings. The van der Waals surface area contributed by atoms with Crippen molar-refractivity contribution in [3.05, 3.63) is 0 Å². The van der Waals surface area contributed by atoms with Gasteiger partial charge in [-0.05, 0) is 17.3 Å². The zero-order valence-electron chi connectivity index (χ0n) is 15.2. The molecule has 0 atom stereocenters. The lowest BCUT2D eigenvalue weighted by Gasteiger charge is -2.17. The monoisotopic (exact) mass is 314 g/mol. The fraction of sp³-hybridized carbons (Fsp3) is 0.882. The van der Waals surface area contributed by atoms with Crippen LogP contribution in [0, 0.1) is 10.8 Å². The molecule has 0 radical (unpaired) electrons. The Hall–Kier alpha value is -1.10. The number of carbonyl (C=O) groups excluding carboxylic acids is 2. The van der Waals surface area contributed by atoms with E-state index in [1.54, 1.807) is 0 Å². The molecule has 22 heavy (non-hydrogen) atoms. The standard InChI is InChI=1S/C17H34N2O3/c1-16(2,3)8-7-14(20)18-9-11-22-12-10-19-15(21)13-17(4,5)6/h7-13H2,1-6H3,(H,18,20)(H,19,21). The predicted octanol–water partition coefficient (Wildman–Crippen LogP) is 2.50. The molecule has 0 aromatic rings. The molecule has 0 aromatic carbocycles. The maximum atomic E-state index is 11.6. The van der Waals surface area contributed by atoms with Crippen LogP contribution in [0.4, 0.5) is 0 Å². The van der Waals surface area contributed by atoms with Gasteiger partial charge in [-0.25, -0.2) is 0 Å². The van der Waals surface area contributed by atoms with Gasteiger partial charge in [0.15, 0.2) is 0 Å². The maximum absolute atomic E-state index is 11.6. The topological polar surface area (TPSA) is 67.4 Å². The van der Waals surface area contributed by atoms with E-state index in [4.69, 9.17) is 4.74 Å². The molecule has 2 N–H and O–H groups in total. The van der Waals surface area contributed by atoms with Crippen molar-refractivity contribution in [2.45, 2.75) is 60.8 Å². The van der Waals surface area contributed by atoms with Crippen molar-refractivity contribution in [2.75, 3.05) is 26.3 Å². The smallest absolute Gasteiger partial charge is 0.220 e. The Kier molecular flexibility index (Phi) is 9.33. The van der Waals surface area contributed by atoms with Crippen LogP contribution in [0.2, 0.25) is 0 Å². The molecule has 0 unspecified atom stereocenters. The minimum absolute atomic E-state index is 0.00226. The van der Waals surface area contributed by atoms with Crippen LogP contribution in [-0.4, -0.2) is 38.1 Å². The molecule has 0 saturated carbocycles. The second kappa shape index (κ2) is 9.82. The molecule has 0 aliphatic heterocycles. The van der Waals surface area contributed by atoms with Gasteiger partial charge in [-0.15, -0.1) is 0 Å². The first-order chi connectivity index (χ1) is 9.99. The number of ether oxygens (including phenoxy) is 1. The third-order valence-corrected chi connectivity index (χ3v) is 2.93. The van der Waals surface area contributed by atoms with E-state index in [-0.39, 0.29) is 22.6 Å². The summed E-state index contributed by atoms with van der Waals surface area (Å²) in [4.78, 5) is 23.1. The van der Waals surface area contributed by atoms with Gasteiger partial charge in [0.25, 0.3) is 0 Å². The highest BCUT2D eigenvalue weighted by molar-refractivity contribution is 5.76. The Bertz CT molecular complexity index is 341. The lowest BCUT2D eigenvalue weighted by molar-refractivity contribution is -0.123. The van der Waals surface area contributed by atoms with E-state index < -0.39 is 0 Å². The van der Waals surface area contributed by atoms with E-state index in [0.29, 0.717) is 39.1 Å². The van der Waals surface area contributed by atoms with Gasteiger partial charge in [0, 0.05) is 25.9 Å². The molecule has 5 nitrogen and oxygen atoms in total. The number of hydrogen-bond acceptors (Lipinski definition) is 3. The summed E-state index contributed by atoms with van der Waals surface area (Å²) >= 11 is 0. The molecule has 0 aromatic heterocycles. The molecule has 130 valence electrons. The molecule has 2 amide bonds. The van der Waals surface area contributed by atoms with Crippen molar-refractivity contribution in [2.24, 2.45) is 10.8 Å². The average Bonchev–Trinajstić information content (AvgIpc) is 2.32. The SMILES string of the molecule is CC(C)(C)CCC(=O)NCCOCCNC(=O)CC(C)(C)C. The summed E-state index contributed by atoms with van der Waals surface area (Å²) in [5, 5.41) is 5.66. The molecule has 0 saturated heterocycles. The van der Waals surface area contributed by atoms with E-state index in [2.05, 4.69) is 31.4 Å². The van der Waals surface area contributed by atoms with Crippen LogP contribution in [0.5, 0.6) is 0 Å². The van der Waals surface area contributed by atoms with Crippen LogP contribution in [0.25, 0.3) is 0 Å². The molecule has 0 aliphatic rings. The van der Waals surface area contributed by atoms with Crippen molar-refractivity contribution in [1.29, 1.82) is 0 Å². The van der Waals surface area contributed by atoms with Crippen LogP contribution in [0.15, 0.2) is 0 Å². The van der Waals surface area contributed by atoms with Gasteiger partial charge in [-0.3, -0.25) is 9.59 Å². The first-order valence-electron chi connectivity index (χ1n) is 8.11. The molecule has 0 rings (SSSR count). The molecule has 0 aliphatic carbocycles. The third kappa shape index (κ3) is 15.3. The van der Waals surface area contributed by atoms with Crippen LogP contribution < -0.4 is 10.6 Å². The summed E-state index contributed by atoms with van der Waals surface area (Å²) in [6, 6.07) is 0. The van der Waals surface area contributed by atoms with Gasteiger partial charge in [-0.1, -0.05) is 41.5 Å². The Labute approximate surface area is 135 Å². The summed E-state index contributed by atoms with van der Waals surface area (Å²) < 4.78 is 5.38. The summed E-state index contributed by atoms with van der Waals surface area (Å²) in [7, 11) is 0. The van der Waals surface area contributed by atoms with Crippen molar-refractivity contribution in [3.63, 3.8) is 0 Å². The Morgan fingerprint density at radius 2 is 1.32 bits per heavy atom. The largest absolute Gasteiger partial charge is 0.378 e. The average molecular weight is 314 g/mol. The number of carbonyl (C=O) groups is 2. The fourth-order valence-electron chi connectivity index (χ4n) is 1.75. The highest BCUT2D eigenvalue weighted by atomic mass is 16.5. The lowest BCUT2D eigenvalue weighted by Crippen LogP contribution is -2.32. The zero-order chi connectivity index (χ0) is 17.2. The molecule has 0 bridgehead atoms. The molecular weight excluding hydrogens is 280 g/mol. The Balaban J connectivity index is 3.47. The van der Waals surface area contributed by atoms with Crippen molar-refractivity contribution in [1.82, 2.24) is 10.6 Å². The van der Waals surface area contributed by atoms with Crippen molar-refractivity contribution < 1.29 is 14.3 Å².